The Hall–Kier alpha value is -1.75. The van der Waals surface area contributed by atoms with E-state index in [0.717, 1.165) is 6.07 Å². The van der Waals surface area contributed by atoms with E-state index >= 15 is 0 Å². The minimum absolute atomic E-state index is 0.0600. The van der Waals surface area contributed by atoms with Gasteiger partial charge in [-0.2, -0.15) is 0 Å². The second-order valence-electron chi connectivity index (χ2n) is 3.42. The summed E-state index contributed by atoms with van der Waals surface area (Å²) in [5.74, 6) is -1.34. The summed E-state index contributed by atoms with van der Waals surface area (Å²) in [6, 6.07) is 3.83. The number of Topliss-reactive ketones (excluding diaryl/α,β-unsaturated/α-hetero) is 2. The van der Waals surface area contributed by atoms with Crippen molar-refractivity contribution in [1.82, 2.24) is 0 Å². The van der Waals surface area contributed by atoms with Crippen LogP contribution in [0.1, 0.15) is 16.8 Å². The van der Waals surface area contributed by atoms with Crippen molar-refractivity contribution in [3.63, 3.8) is 0 Å². The second-order valence-corrected chi connectivity index (χ2v) is 3.42. The van der Waals surface area contributed by atoms with Crippen molar-refractivity contribution in [3.8, 4) is 5.75 Å². The standard InChI is InChI=1S/C12H13FO4/c1-16-7-9(14)6-11(15)8-3-4-12(17-2)10(13)5-8/h3-5H,6-7H2,1-2H3. The molecule has 0 bridgehead atoms. The lowest BCUT2D eigenvalue weighted by Crippen LogP contribution is -2.13. The van der Waals surface area contributed by atoms with Crippen LogP contribution < -0.4 is 4.74 Å². The Morgan fingerprint density at radius 1 is 1.29 bits per heavy atom. The molecule has 92 valence electrons. The summed E-state index contributed by atoms with van der Waals surface area (Å²) < 4.78 is 22.6. The fraction of sp³-hybridized carbons (Fsp3) is 0.333. The van der Waals surface area contributed by atoms with E-state index in [4.69, 9.17) is 4.74 Å². The van der Waals surface area contributed by atoms with Crippen molar-refractivity contribution >= 4 is 11.6 Å². The number of halogens is 1. The lowest BCUT2D eigenvalue weighted by molar-refractivity contribution is -0.121. The summed E-state index contributed by atoms with van der Waals surface area (Å²) in [6.45, 7) is -0.121. The van der Waals surface area contributed by atoms with Crippen LogP contribution in [0.2, 0.25) is 0 Å². The fourth-order valence-electron chi connectivity index (χ4n) is 1.33. The minimum Gasteiger partial charge on any atom is -0.494 e. The van der Waals surface area contributed by atoms with Crippen LogP contribution in [0.25, 0.3) is 0 Å². The molecule has 0 fully saturated rings. The molecule has 0 radical (unpaired) electrons. The highest BCUT2D eigenvalue weighted by Crippen LogP contribution is 2.18. The van der Waals surface area contributed by atoms with E-state index in [1.54, 1.807) is 0 Å². The molecule has 0 N–H and O–H groups in total. The molecule has 0 saturated heterocycles. The van der Waals surface area contributed by atoms with E-state index in [2.05, 4.69) is 4.74 Å². The van der Waals surface area contributed by atoms with Crippen molar-refractivity contribution in [2.75, 3.05) is 20.8 Å². The van der Waals surface area contributed by atoms with Gasteiger partial charge in [0.15, 0.2) is 23.1 Å². The summed E-state index contributed by atoms with van der Waals surface area (Å²) in [6.07, 6.45) is -0.292. The third-order valence-electron chi connectivity index (χ3n) is 2.14. The van der Waals surface area contributed by atoms with Gasteiger partial charge in [-0.3, -0.25) is 9.59 Å². The molecular weight excluding hydrogens is 227 g/mol. The fourth-order valence-corrected chi connectivity index (χ4v) is 1.33. The summed E-state index contributed by atoms with van der Waals surface area (Å²) in [7, 11) is 2.71. The largest absolute Gasteiger partial charge is 0.494 e. The first kappa shape index (κ1) is 13.3. The van der Waals surface area contributed by atoms with Gasteiger partial charge < -0.3 is 9.47 Å². The second kappa shape index (κ2) is 6.10. The van der Waals surface area contributed by atoms with E-state index in [0.29, 0.717) is 0 Å². The maximum atomic E-state index is 13.3. The Bertz CT molecular complexity index is 429. The third-order valence-corrected chi connectivity index (χ3v) is 2.14. The number of benzene rings is 1. The Labute approximate surface area is 98.3 Å². The third kappa shape index (κ3) is 3.64. The van der Waals surface area contributed by atoms with Crippen molar-refractivity contribution in [1.29, 1.82) is 0 Å². The average molecular weight is 240 g/mol. The number of carbonyl (C=O) groups is 2. The van der Waals surface area contributed by atoms with Gasteiger partial charge in [-0.1, -0.05) is 0 Å². The first-order chi connectivity index (χ1) is 8.08. The van der Waals surface area contributed by atoms with Gasteiger partial charge >= 0.3 is 0 Å². The molecule has 0 atom stereocenters. The smallest absolute Gasteiger partial charge is 0.170 e. The van der Waals surface area contributed by atoms with Gasteiger partial charge in [-0.15, -0.1) is 0 Å². The van der Waals surface area contributed by atoms with Crippen LogP contribution in [0.3, 0.4) is 0 Å². The highest BCUT2D eigenvalue weighted by Gasteiger charge is 2.13. The molecule has 0 aromatic heterocycles. The molecule has 1 aromatic carbocycles. The SMILES string of the molecule is COCC(=O)CC(=O)c1ccc(OC)c(F)c1. The van der Waals surface area contributed by atoms with Crippen LogP contribution in [0, 0.1) is 5.82 Å². The van der Waals surface area contributed by atoms with E-state index in [9.17, 15) is 14.0 Å². The Morgan fingerprint density at radius 2 is 2.00 bits per heavy atom. The summed E-state index contributed by atoms with van der Waals surface area (Å²) in [4.78, 5) is 22.8. The van der Waals surface area contributed by atoms with Crippen LogP contribution in [0.5, 0.6) is 5.75 Å². The first-order valence-corrected chi connectivity index (χ1v) is 4.96. The van der Waals surface area contributed by atoms with E-state index in [1.165, 1.54) is 26.4 Å². The maximum absolute atomic E-state index is 13.3. The number of ether oxygens (including phenoxy) is 2. The van der Waals surface area contributed by atoms with E-state index in [-0.39, 0.29) is 30.1 Å². The molecule has 1 rings (SSSR count). The Morgan fingerprint density at radius 3 is 2.53 bits per heavy atom. The molecule has 1 aromatic rings. The number of methoxy groups -OCH3 is 2. The summed E-state index contributed by atoms with van der Waals surface area (Å²) in [5.41, 5.74) is 0.146. The van der Waals surface area contributed by atoms with Crippen LogP contribution in [0.4, 0.5) is 4.39 Å². The summed E-state index contributed by atoms with van der Waals surface area (Å²) in [5, 5.41) is 0. The van der Waals surface area contributed by atoms with Gasteiger partial charge in [0.05, 0.1) is 13.5 Å². The minimum atomic E-state index is -0.627. The molecule has 0 heterocycles. The zero-order valence-electron chi connectivity index (χ0n) is 9.66. The van der Waals surface area contributed by atoms with Gasteiger partial charge in [-0.05, 0) is 18.2 Å². The maximum Gasteiger partial charge on any atom is 0.170 e. The monoisotopic (exact) mass is 240 g/mol. The van der Waals surface area contributed by atoms with Crippen molar-refractivity contribution in [2.45, 2.75) is 6.42 Å². The number of hydrogen-bond donors (Lipinski definition) is 0. The van der Waals surface area contributed by atoms with Crippen molar-refractivity contribution in [3.05, 3.63) is 29.6 Å². The summed E-state index contributed by atoms with van der Waals surface area (Å²) >= 11 is 0. The van der Waals surface area contributed by atoms with Gasteiger partial charge in [0.25, 0.3) is 0 Å². The normalized spacial score (nSPS) is 10.1. The van der Waals surface area contributed by atoms with Crippen LogP contribution in [-0.4, -0.2) is 32.4 Å². The highest BCUT2D eigenvalue weighted by molar-refractivity contribution is 6.08. The van der Waals surface area contributed by atoms with Crippen LogP contribution >= 0.6 is 0 Å². The van der Waals surface area contributed by atoms with E-state index in [1.807, 2.05) is 0 Å². The molecule has 17 heavy (non-hydrogen) atoms. The van der Waals surface area contributed by atoms with Gasteiger partial charge in [0.2, 0.25) is 0 Å². The Kier molecular flexibility index (Phi) is 4.78. The number of carbonyl (C=O) groups excluding carboxylic acids is 2. The van der Waals surface area contributed by atoms with Gasteiger partial charge in [0.1, 0.15) is 6.61 Å². The van der Waals surface area contributed by atoms with Crippen LogP contribution in [0.15, 0.2) is 18.2 Å². The molecule has 0 aliphatic heterocycles. The van der Waals surface area contributed by atoms with Gasteiger partial charge in [0, 0.05) is 12.7 Å². The average Bonchev–Trinajstić information content (AvgIpc) is 2.29. The molecule has 0 aliphatic rings. The van der Waals surface area contributed by atoms with Crippen molar-refractivity contribution < 1.29 is 23.5 Å². The molecule has 0 amide bonds. The molecule has 0 aliphatic carbocycles. The predicted octanol–water partition coefficient (Wildman–Crippen LogP) is 1.62. The number of hydrogen-bond acceptors (Lipinski definition) is 4. The molecular formula is C12H13FO4. The first-order valence-electron chi connectivity index (χ1n) is 4.96. The lowest BCUT2D eigenvalue weighted by atomic mass is 10.1. The quantitative estimate of drug-likeness (QED) is 0.560. The number of rotatable bonds is 6. The Balaban J connectivity index is 2.76. The van der Waals surface area contributed by atoms with E-state index < -0.39 is 11.6 Å². The highest BCUT2D eigenvalue weighted by atomic mass is 19.1. The zero-order valence-corrected chi connectivity index (χ0v) is 9.66. The zero-order chi connectivity index (χ0) is 12.8. The van der Waals surface area contributed by atoms with Gasteiger partial charge in [-0.25, -0.2) is 4.39 Å². The molecule has 4 nitrogen and oxygen atoms in total. The molecule has 0 saturated carbocycles. The molecule has 5 heteroatoms. The topological polar surface area (TPSA) is 52.6 Å². The molecule has 0 unspecified atom stereocenters. The van der Waals surface area contributed by atoms with Crippen LogP contribution in [-0.2, 0) is 9.53 Å². The molecule has 0 spiro atoms. The van der Waals surface area contributed by atoms with Crippen molar-refractivity contribution in [2.24, 2.45) is 0 Å². The lowest BCUT2D eigenvalue weighted by Gasteiger charge is -2.04. The number of ketones is 2. The predicted molar refractivity (Wildman–Crippen MR) is 58.8 cm³/mol.